The lowest BCUT2D eigenvalue weighted by atomic mass is 9.82. The zero-order valence-electron chi connectivity index (χ0n) is 7.37. The van der Waals surface area contributed by atoms with Gasteiger partial charge in [0.25, 0.3) is 0 Å². The average molecular weight is 164 g/mol. The van der Waals surface area contributed by atoms with Crippen molar-refractivity contribution in [3.63, 3.8) is 0 Å². The Kier molecular flexibility index (Phi) is 3.18. The molecule has 0 aromatic heterocycles. The maximum absolute atomic E-state index is 5.84. The van der Waals surface area contributed by atoms with Crippen molar-refractivity contribution in [2.75, 3.05) is 5.88 Å². The van der Waals surface area contributed by atoms with Crippen LogP contribution in [0.5, 0.6) is 0 Å². The first kappa shape index (κ1) is 10.2. The van der Waals surface area contributed by atoms with E-state index in [0.29, 0.717) is 5.88 Å². The van der Waals surface area contributed by atoms with E-state index >= 15 is 0 Å². The number of rotatable bonds is 3. The molecule has 2 N–H and O–H groups in total. The summed E-state index contributed by atoms with van der Waals surface area (Å²) in [5.74, 6) is 0.674. The van der Waals surface area contributed by atoms with Crippen molar-refractivity contribution in [3.8, 4) is 0 Å². The van der Waals surface area contributed by atoms with E-state index in [1.54, 1.807) is 0 Å². The van der Waals surface area contributed by atoms with E-state index in [1.807, 2.05) is 13.8 Å². The van der Waals surface area contributed by atoms with Gasteiger partial charge in [-0.05, 0) is 25.7 Å². The van der Waals surface area contributed by atoms with Crippen LogP contribution in [0.1, 0.15) is 34.1 Å². The summed E-state index contributed by atoms with van der Waals surface area (Å²) < 4.78 is 0. The first-order valence-corrected chi connectivity index (χ1v) is 4.15. The Morgan fingerprint density at radius 3 is 1.70 bits per heavy atom. The smallest absolute Gasteiger partial charge is 0.0275 e. The van der Waals surface area contributed by atoms with Crippen molar-refractivity contribution in [2.45, 2.75) is 39.7 Å². The van der Waals surface area contributed by atoms with Crippen molar-refractivity contribution in [1.29, 1.82) is 0 Å². The van der Waals surface area contributed by atoms with E-state index in [9.17, 15) is 0 Å². The van der Waals surface area contributed by atoms with E-state index in [0.717, 1.165) is 6.42 Å². The van der Waals surface area contributed by atoms with Crippen molar-refractivity contribution in [1.82, 2.24) is 0 Å². The number of alkyl halides is 1. The molecule has 0 aromatic rings. The van der Waals surface area contributed by atoms with Crippen LogP contribution in [-0.4, -0.2) is 11.4 Å². The highest BCUT2D eigenvalue weighted by Crippen LogP contribution is 2.27. The summed E-state index contributed by atoms with van der Waals surface area (Å²) >= 11 is 5.74. The van der Waals surface area contributed by atoms with Gasteiger partial charge < -0.3 is 5.73 Å². The molecule has 0 aliphatic heterocycles. The zero-order valence-corrected chi connectivity index (χ0v) is 8.13. The molecule has 0 heterocycles. The molecule has 0 fully saturated rings. The predicted octanol–water partition coefficient (Wildman–Crippen LogP) is 2.38. The topological polar surface area (TPSA) is 26.0 Å². The lowest BCUT2D eigenvalue weighted by Crippen LogP contribution is -2.37. The lowest BCUT2D eigenvalue weighted by Gasteiger charge is -2.30. The molecule has 0 rings (SSSR count). The van der Waals surface area contributed by atoms with Crippen molar-refractivity contribution in [2.24, 2.45) is 11.1 Å². The molecule has 0 amide bonds. The number of hydrogen-bond acceptors (Lipinski definition) is 1. The third-order valence-corrected chi connectivity index (χ3v) is 2.02. The third-order valence-electron chi connectivity index (χ3n) is 1.30. The molecule has 0 spiro atoms. The number of nitrogens with two attached hydrogens (primary N) is 1. The molecule has 0 aromatic carbocycles. The minimum absolute atomic E-state index is 0.0988. The van der Waals surface area contributed by atoms with Crippen LogP contribution in [0.2, 0.25) is 0 Å². The minimum Gasteiger partial charge on any atom is -0.326 e. The van der Waals surface area contributed by atoms with E-state index in [-0.39, 0.29) is 11.0 Å². The molecular weight excluding hydrogens is 146 g/mol. The van der Waals surface area contributed by atoms with Gasteiger partial charge in [-0.25, -0.2) is 0 Å². The molecule has 10 heavy (non-hydrogen) atoms. The molecule has 0 saturated heterocycles. The predicted molar refractivity (Wildman–Crippen MR) is 47.4 cm³/mol. The second-order valence-corrected chi connectivity index (χ2v) is 4.73. The third kappa shape index (κ3) is 5.07. The van der Waals surface area contributed by atoms with Gasteiger partial charge in [0.2, 0.25) is 0 Å². The van der Waals surface area contributed by atoms with Crippen molar-refractivity contribution >= 4 is 11.6 Å². The maximum Gasteiger partial charge on any atom is 0.0275 e. The summed E-state index contributed by atoms with van der Waals surface area (Å²) in [6.07, 6.45) is 0.962. The van der Waals surface area contributed by atoms with Crippen LogP contribution in [0.15, 0.2) is 0 Å². The Bertz CT molecular complexity index is 102. The fraction of sp³-hybridized carbons (Fsp3) is 1.00. The molecule has 2 heteroatoms. The summed E-state index contributed by atoms with van der Waals surface area (Å²) in [5.41, 5.74) is 5.91. The van der Waals surface area contributed by atoms with Crippen LogP contribution in [0.3, 0.4) is 0 Å². The zero-order chi connectivity index (χ0) is 8.41. The van der Waals surface area contributed by atoms with Gasteiger partial charge in [0.15, 0.2) is 0 Å². The van der Waals surface area contributed by atoms with Crippen molar-refractivity contribution < 1.29 is 0 Å². The Labute approximate surface area is 68.9 Å². The molecule has 62 valence electrons. The van der Waals surface area contributed by atoms with Gasteiger partial charge in [0, 0.05) is 11.4 Å². The highest BCUT2D eigenvalue weighted by Gasteiger charge is 2.24. The summed E-state index contributed by atoms with van der Waals surface area (Å²) in [7, 11) is 0. The molecule has 0 unspecified atom stereocenters. The monoisotopic (exact) mass is 163 g/mol. The summed E-state index contributed by atoms with van der Waals surface area (Å²) in [4.78, 5) is 0. The quantitative estimate of drug-likeness (QED) is 0.636. The molecule has 0 aliphatic rings. The molecule has 0 radical (unpaired) electrons. The normalized spacial score (nSPS) is 13.8. The van der Waals surface area contributed by atoms with Gasteiger partial charge in [-0.15, -0.1) is 11.6 Å². The summed E-state index contributed by atoms with van der Waals surface area (Å²) in [6, 6.07) is 0. The van der Waals surface area contributed by atoms with Gasteiger partial charge >= 0.3 is 0 Å². The highest BCUT2D eigenvalue weighted by atomic mass is 35.5. The van der Waals surface area contributed by atoms with Crippen LogP contribution >= 0.6 is 11.6 Å². The molecule has 0 saturated carbocycles. The van der Waals surface area contributed by atoms with E-state index in [4.69, 9.17) is 17.3 Å². The fourth-order valence-electron chi connectivity index (χ4n) is 1.28. The lowest BCUT2D eigenvalue weighted by molar-refractivity contribution is 0.291. The van der Waals surface area contributed by atoms with E-state index in [1.165, 1.54) is 0 Å². The van der Waals surface area contributed by atoms with Crippen LogP contribution in [0, 0.1) is 5.41 Å². The van der Waals surface area contributed by atoms with Crippen LogP contribution in [0.4, 0.5) is 0 Å². The Hall–Kier alpha value is 0.250. The SMILES string of the molecule is CC(C)(N)CC(C)(C)CCl. The van der Waals surface area contributed by atoms with E-state index < -0.39 is 0 Å². The van der Waals surface area contributed by atoms with Gasteiger partial charge in [-0.2, -0.15) is 0 Å². The van der Waals surface area contributed by atoms with Gasteiger partial charge in [0.1, 0.15) is 0 Å². The Morgan fingerprint density at radius 1 is 1.20 bits per heavy atom. The standard InChI is InChI=1S/C8H18ClN/c1-7(2,6-9)5-8(3,4)10/h5-6,10H2,1-4H3. The Balaban J connectivity index is 3.89. The molecule has 0 bridgehead atoms. The van der Waals surface area contributed by atoms with Crippen LogP contribution < -0.4 is 5.73 Å². The summed E-state index contributed by atoms with van der Waals surface area (Å²) in [6.45, 7) is 8.33. The minimum atomic E-state index is -0.0988. The first-order valence-electron chi connectivity index (χ1n) is 3.62. The molecule has 1 nitrogen and oxygen atoms in total. The van der Waals surface area contributed by atoms with Crippen LogP contribution in [0.25, 0.3) is 0 Å². The van der Waals surface area contributed by atoms with Crippen LogP contribution in [-0.2, 0) is 0 Å². The van der Waals surface area contributed by atoms with Gasteiger partial charge in [-0.3, -0.25) is 0 Å². The fourth-order valence-corrected chi connectivity index (χ4v) is 1.38. The second kappa shape index (κ2) is 3.10. The van der Waals surface area contributed by atoms with E-state index in [2.05, 4.69) is 13.8 Å². The molecular formula is C8H18ClN. The van der Waals surface area contributed by atoms with Gasteiger partial charge in [-0.1, -0.05) is 13.8 Å². The number of halogens is 1. The largest absolute Gasteiger partial charge is 0.326 e. The van der Waals surface area contributed by atoms with Gasteiger partial charge in [0.05, 0.1) is 0 Å². The first-order chi connectivity index (χ1) is 4.27. The summed E-state index contributed by atoms with van der Waals surface area (Å²) in [5, 5.41) is 0. The molecule has 0 atom stereocenters. The second-order valence-electron chi connectivity index (χ2n) is 4.46. The molecule has 0 aliphatic carbocycles. The van der Waals surface area contributed by atoms with Crippen molar-refractivity contribution in [3.05, 3.63) is 0 Å². The highest BCUT2D eigenvalue weighted by molar-refractivity contribution is 6.18. The maximum atomic E-state index is 5.84. The Morgan fingerprint density at radius 2 is 1.60 bits per heavy atom. The average Bonchev–Trinajstić information content (AvgIpc) is 1.60. The number of hydrogen-bond donors (Lipinski definition) is 1.